The molecule has 1 saturated heterocycles. The minimum atomic E-state index is 0.342. The third-order valence-corrected chi connectivity index (χ3v) is 6.45. The fourth-order valence-corrected chi connectivity index (χ4v) is 4.86. The summed E-state index contributed by atoms with van der Waals surface area (Å²) in [6.45, 7) is 4.42. The summed E-state index contributed by atoms with van der Waals surface area (Å²) >= 11 is 6.16. The lowest BCUT2D eigenvalue weighted by Crippen LogP contribution is -2.60. The number of hydrogen-bond donors (Lipinski definition) is 0. The molecule has 0 amide bonds. The van der Waals surface area contributed by atoms with E-state index < -0.39 is 0 Å². The Balaban J connectivity index is 1.31. The first-order chi connectivity index (χ1) is 13.8. The molecule has 2 heterocycles. The van der Waals surface area contributed by atoms with Gasteiger partial charge in [-0.05, 0) is 40.8 Å². The molecule has 3 heteroatoms. The minimum absolute atomic E-state index is 0.342. The molecule has 142 valence electrons. The van der Waals surface area contributed by atoms with Crippen molar-refractivity contribution in [1.29, 1.82) is 0 Å². The van der Waals surface area contributed by atoms with E-state index in [1.54, 1.807) is 0 Å². The van der Waals surface area contributed by atoms with E-state index in [1.807, 2.05) is 6.07 Å². The smallest absolute Gasteiger partial charge is 0.0602 e. The van der Waals surface area contributed by atoms with E-state index in [-0.39, 0.29) is 0 Å². The lowest BCUT2D eigenvalue weighted by Gasteiger charge is -2.50. The van der Waals surface area contributed by atoms with Crippen molar-refractivity contribution in [3.8, 4) is 0 Å². The number of nitrogens with zero attached hydrogens (tertiary/aromatic N) is 2. The van der Waals surface area contributed by atoms with Crippen LogP contribution in [-0.4, -0.2) is 35.5 Å². The zero-order valence-electron chi connectivity index (χ0n) is 16.0. The second kappa shape index (κ2) is 7.71. The topological polar surface area (TPSA) is 6.48 Å². The number of likely N-dealkylation sites (tertiary alicyclic amines) is 1. The predicted octanol–water partition coefficient (Wildman–Crippen LogP) is 5.17. The van der Waals surface area contributed by atoms with E-state index in [1.165, 1.54) is 22.3 Å². The van der Waals surface area contributed by atoms with Gasteiger partial charge in [-0.3, -0.25) is 9.80 Å². The number of fused-ring (bicyclic) bond motifs is 1. The first-order valence-electron chi connectivity index (χ1n) is 10.1. The summed E-state index contributed by atoms with van der Waals surface area (Å²) < 4.78 is 0. The Morgan fingerprint density at radius 2 is 1.43 bits per heavy atom. The van der Waals surface area contributed by atoms with Crippen LogP contribution in [0.3, 0.4) is 0 Å². The van der Waals surface area contributed by atoms with E-state index in [2.05, 4.69) is 82.6 Å². The van der Waals surface area contributed by atoms with Crippen LogP contribution in [0.2, 0.25) is 5.02 Å². The summed E-state index contributed by atoms with van der Waals surface area (Å²) in [5, 5.41) is 0.857. The first kappa shape index (κ1) is 17.9. The van der Waals surface area contributed by atoms with Crippen molar-refractivity contribution < 1.29 is 0 Å². The van der Waals surface area contributed by atoms with Gasteiger partial charge in [-0.1, -0.05) is 78.3 Å². The van der Waals surface area contributed by atoms with E-state index in [9.17, 15) is 0 Å². The molecule has 0 aromatic heterocycles. The maximum Gasteiger partial charge on any atom is 0.0602 e. The molecule has 5 rings (SSSR count). The molecular weight excluding hydrogens is 364 g/mol. The van der Waals surface area contributed by atoms with Gasteiger partial charge in [-0.15, -0.1) is 0 Å². The Labute approximate surface area is 172 Å². The molecule has 0 spiro atoms. The Morgan fingerprint density at radius 3 is 2.07 bits per heavy atom. The van der Waals surface area contributed by atoms with Crippen LogP contribution in [0.5, 0.6) is 0 Å². The highest BCUT2D eigenvalue weighted by atomic mass is 35.5. The fraction of sp³-hybridized carbons (Fsp3) is 0.280. The Hall–Kier alpha value is -2.13. The van der Waals surface area contributed by atoms with Crippen molar-refractivity contribution in [3.63, 3.8) is 0 Å². The number of halogens is 1. The van der Waals surface area contributed by atoms with Gasteiger partial charge in [0.25, 0.3) is 0 Å². The molecule has 0 N–H and O–H groups in total. The Morgan fingerprint density at radius 1 is 0.786 bits per heavy atom. The average molecular weight is 389 g/mol. The van der Waals surface area contributed by atoms with Gasteiger partial charge in [0.2, 0.25) is 0 Å². The molecule has 0 atom stereocenters. The van der Waals surface area contributed by atoms with Crippen LogP contribution in [0, 0.1) is 0 Å². The Kier molecular flexibility index (Phi) is 4.94. The molecule has 0 aliphatic carbocycles. The van der Waals surface area contributed by atoms with Crippen molar-refractivity contribution >= 4 is 11.6 Å². The molecule has 2 aliphatic heterocycles. The third kappa shape index (κ3) is 3.48. The second-order valence-electron chi connectivity index (χ2n) is 7.97. The molecule has 0 radical (unpaired) electrons. The quantitative estimate of drug-likeness (QED) is 0.608. The molecule has 2 nitrogen and oxygen atoms in total. The maximum atomic E-state index is 6.16. The van der Waals surface area contributed by atoms with Crippen molar-refractivity contribution in [2.24, 2.45) is 0 Å². The number of rotatable bonds is 4. The molecule has 3 aromatic carbocycles. The average Bonchev–Trinajstić information content (AvgIpc) is 2.71. The standard InChI is InChI=1S/C25H25ClN2/c26-23-12-11-22-16-27(14-13-21(22)15-23)24-17-28(18-24)25(19-7-3-1-4-8-19)20-9-5-2-6-10-20/h1-12,15,24-25H,13-14,16-18H2. The maximum absolute atomic E-state index is 6.16. The summed E-state index contributed by atoms with van der Waals surface area (Å²) in [5.41, 5.74) is 5.62. The van der Waals surface area contributed by atoms with Gasteiger partial charge >= 0.3 is 0 Å². The van der Waals surface area contributed by atoms with Crippen LogP contribution in [0.4, 0.5) is 0 Å². The SMILES string of the molecule is Clc1ccc2c(c1)CCN(C1CN(C(c3ccccc3)c3ccccc3)C1)C2. The molecule has 0 unspecified atom stereocenters. The van der Waals surface area contributed by atoms with Gasteiger partial charge in [0.05, 0.1) is 6.04 Å². The van der Waals surface area contributed by atoms with Gasteiger partial charge in [0.1, 0.15) is 0 Å². The highest BCUT2D eigenvalue weighted by Crippen LogP contribution is 2.35. The van der Waals surface area contributed by atoms with Crippen LogP contribution in [-0.2, 0) is 13.0 Å². The van der Waals surface area contributed by atoms with Gasteiger partial charge in [-0.2, -0.15) is 0 Å². The monoisotopic (exact) mass is 388 g/mol. The molecular formula is C25H25ClN2. The zero-order valence-corrected chi connectivity index (χ0v) is 16.7. The molecule has 2 aliphatic rings. The largest absolute Gasteiger partial charge is 0.293 e. The van der Waals surface area contributed by atoms with E-state index in [0.29, 0.717) is 12.1 Å². The highest BCUT2D eigenvalue weighted by molar-refractivity contribution is 6.30. The third-order valence-electron chi connectivity index (χ3n) is 6.21. The second-order valence-corrected chi connectivity index (χ2v) is 8.40. The van der Waals surface area contributed by atoms with Crippen LogP contribution < -0.4 is 0 Å². The number of hydrogen-bond acceptors (Lipinski definition) is 2. The highest BCUT2D eigenvalue weighted by Gasteiger charge is 2.38. The normalized spacial score (nSPS) is 18.1. The van der Waals surface area contributed by atoms with E-state index in [4.69, 9.17) is 11.6 Å². The zero-order chi connectivity index (χ0) is 18.9. The van der Waals surface area contributed by atoms with Crippen LogP contribution in [0.15, 0.2) is 78.9 Å². The molecule has 0 bridgehead atoms. The van der Waals surface area contributed by atoms with Crippen molar-refractivity contribution in [2.45, 2.75) is 25.0 Å². The van der Waals surface area contributed by atoms with Crippen molar-refractivity contribution in [3.05, 3.63) is 106 Å². The van der Waals surface area contributed by atoms with Crippen LogP contribution >= 0.6 is 11.6 Å². The summed E-state index contributed by atoms with van der Waals surface area (Å²) in [6.07, 6.45) is 1.10. The lowest BCUT2D eigenvalue weighted by atomic mass is 9.91. The Bertz CT molecular complexity index is 896. The van der Waals surface area contributed by atoms with Crippen molar-refractivity contribution in [1.82, 2.24) is 9.80 Å². The summed E-state index contributed by atoms with van der Waals surface area (Å²) in [6, 6.07) is 29.2. The van der Waals surface area contributed by atoms with Gasteiger partial charge in [-0.25, -0.2) is 0 Å². The van der Waals surface area contributed by atoms with Crippen LogP contribution in [0.1, 0.15) is 28.3 Å². The van der Waals surface area contributed by atoms with Gasteiger partial charge in [0.15, 0.2) is 0 Å². The predicted molar refractivity (Wildman–Crippen MR) is 116 cm³/mol. The minimum Gasteiger partial charge on any atom is -0.293 e. The fourth-order valence-electron chi connectivity index (χ4n) is 4.67. The summed E-state index contributed by atoms with van der Waals surface area (Å²) in [4.78, 5) is 5.27. The summed E-state index contributed by atoms with van der Waals surface area (Å²) in [7, 11) is 0. The lowest BCUT2D eigenvalue weighted by molar-refractivity contribution is 0.00727. The summed E-state index contributed by atoms with van der Waals surface area (Å²) in [5.74, 6) is 0. The first-order valence-corrected chi connectivity index (χ1v) is 10.5. The molecule has 0 saturated carbocycles. The van der Waals surface area contributed by atoms with Gasteiger partial charge in [0, 0.05) is 37.2 Å². The van der Waals surface area contributed by atoms with Crippen LogP contribution in [0.25, 0.3) is 0 Å². The molecule has 3 aromatic rings. The van der Waals surface area contributed by atoms with E-state index >= 15 is 0 Å². The van der Waals surface area contributed by atoms with Crippen molar-refractivity contribution in [2.75, 3.05) is 19.6 Å². The molecule has 1 fully saturated rings. The van der Waals surface area contributed by atoms with Gasteiger partial charge < -0.3 is 0 Å². The molecule has 28 heavy (non-hydrogen) atoms. The number of benzene rings is 3. The van der Waals surface area contributed by atoms with E-state index in [0.717, 1.165) is 37.6 Å².